The molecular weight excluding hydrogens is 973 g/mol. The fourth-order valence-electron chi connectivity index (χ4n) is 9.89. The van der Waals surface area contributed by atoms with Crippen LogP contribution in [-0.4, -0.2) is 147 Å². The first-order chi connectivity index (χ1) is 36.3. The average molecular weight is 1050 g/mol. The summed E-state index contributed by atoms with van der Waals surface area (Å²) in [5, 5.41) is 45.4. The molecule has 0 aliphatic carbocycles. The zero-order valence-electron chi connectivity index (χ0n) is 43.6. The molecule has 76 heavy (non-hydrogen) atoms. The first-order valence-electron chi connectivity index (χ1n) is 26.3. The molecule has 8 atom stereocenters. The lowest BCUT2D eigenvalue weighted by atomic mass is 9.99. The molecule has 0 saturated carbocycles. The van der Waals surface area contributed by atoms with E-state index in [1.807, 2.05) is 48.5 Å². The van der Waals surface area contributed by atoms with Crippen molar-refractivity contribution in [2.24, 2.45) is 5.73 Å². The number of amides is 7. The van der Waals surface area contributed by atoms with Gasteiger partial charge < -0.3 is 62.2 Å². The molecule has 0 bridgehead atoms. The Hall–Kier alpha value is -7.35. The van der Waals surface area contributed by atoms with Crippen LogP contribution >= 0.6 is 0 Å². The number of carbonyl (C=O) groups excluding carboxylic acids is 7. The fraction of sp³-hybridized carbons (Fsp3) is 0.456. The third kappa shape index (κ3) is 14.3. The Morgan fingerprint density at radius 3 is 2.00 bits per heavy atom. The van der Waals surface area contributed by atoms with Crippen LogP contribution in [0.1, 0.15) is 95.0 Å². The zero-order chi connectivity index (χ0) is 54.7. The van der Waals surface area contributed by atoms with E-state index in [0.717, 1.165) is 52.2 Å². The van der Waals surface area contributed by atoms with Crippen LogP contribution in [0.4, 0.5) is 0 Å². The molecule has 0 unspecified atom stereocenters. The number of aliphatic hydroxyl groups excluding tert-OH is 2. The number of aromatic hydroxyl groups is 1. The second kappa shape index (κ2) is 25.5. The summed E-state index contributed by atoms with van der Waals surface area (Å²) in [7, 11) is 0. The van der Waals surface area contributed by atoms with E-state index < -0.39 is 95.3 Å². The van der Waals surface area contributed by atoms with Crippen LogP contribution in [0, 0.1) is 0 Å². The van der Waals surface area contributed by atoms with Crippen LogP contribution < -0.4 is 37.1 Å². The maximum Gasteiger partial charge on any atom is 0.251 e. The summed E-state index contributed by atoms with van der Waals surface area (Å²) >= 11 is 0. The zero-order valence-corrected chi connectivity index (χ0v) is 43.6. The van der Waals surface area contributed by atoms with Gasteiger partial charge in [-0.05, 0) is 124 Å². The highest BCUT2D eigenvalue weighted by Gasteiger charge is 2.46. The quantitative estimate of drug-likeness (QED) is 0.0875. The van der Waals surface area contributed by atoms with Crippen molar-refractivity contribution in [3.63, 3.8) is 0 Å². The SMILES string of the molecule is CCCCCOc1ccc(-c2ccc(-c3ccc(C(=O)N[C@H]4CCCNC(=O)[C@@H]5C[C@H](N)CN5C(=O)C(C)(C)NC(=O)[C@H](CCc5ccc(O)cc5)NC(=O)[C@@H]5C[C@@H](O)CN5C(=O)[C@H]([C@@H](C)O)NC4=O)cc3)cc2)cc1. The number of hydrogen-bond donors (Lipinski definition) is 9. The second-order valence-corrected chi connectivity index (χ2v) is 20.7. The van der Waals surface area contributed by atoms with Gasteiger partial charge in [0.2, 0.25) is 35.4 Å². The van der Waals surface area contributed by atoms with Crippen LogP contribution in [0.3, 0.4) is 0 Å². The van der Waals surface area contributed by atoms with Gasteiger partial charge in [0.1, 0.15) is 47.2 Å². The van der Waals surface area contributed by atoms with Crippen molar-refractivity contribution >= 4 is 41.4 Å². The predicted octanol–water partition coefficient (Wildman–Crippen LogP) is 3.07. The Labute approximate surface area is 443 Å². The number of rotatable bonds is 13. The monoisotopic (exact) mass is 1040 g/mol. The number of fused-ring (bicyclic) bond motifs is 2. The number of benzene rings is 4. The minimum Gasteiger partial charge on any atom is -0.508 e. The predicted molar refractivity (Wildman–Crippen MR) is 284 cm³/mol. The Kier molecular flexibility index (Phi) is 18.9. The van der Waals surface area contributed by atoms with Crippen LogP contribution in [0.25, 0.3) is 22.3 Å². The summed E-state index contributed by atoms with van der Waals surface area (Å²) < 4.78 is 5.86. The number of nitrogens with one attached hydrogen (secondary N) is 5. The van der Waals surface area contributed by atoms with E-state index in [1.54, 1.807) is 36.4 Å². The highest BCUT2D eigenvalue weighted by atomic mass is 16.5. The summed E-state index contributed by atoms with van der Waals surface area (Å²) in [6.45, 7) is 6.73. The van der Waals surface area contributed by atoms with Gasteiger partial charge in [-0.1, -0.05) is 80.4 Å². The molecule has 3 aliphatic rings. The number of phenols is 1. The number of unbranched alkanes of at least 4 members (excludes halogenated alkanes) is 2. The Balaban J connectivity index is 1.10. The van der Waals surface area contributed by atoms with Crippen molar-refractivity contribution in [2.45, 2.75) is 139 Å². The van der Waals surface area contributed by atoms with E-state index in [0.29, 0.717) is 12.2 Å². The number of ether oxygens (including phenoxy) is 1. The molecule has 10 N–H and O–H groups in total. The van der Waals surface area contributed by atoms with Crippen molar-refractivity contribution in [3.8, 4) is 33.8 Å². The molecule has 3 saturated heterocycles. The van der Waals surface area contributed by atoms with Gasteiger partial charge in [0.15, 0.2) is 0 Å². The van der Waals surface area contributed by atoms with Gasteiger partial charge in [0.25, 0.3) is 5.91 Å². The van der Waals surface area contributed by atoms with Crippen molar-refractivity contribution in [1.82, 2.24) is 36.4 Å². The van der Waals surface area contributed by atoms with E-state index in [9.17, 15) is 48.9 Å². The first kappa shape index (κ1) is 56.4. The van der Waals surface area contributed by atoms with Crippen molar-refractivity contribution in [1.29, 1.82) is 0 Å². The minimum absolute atomic E-state index is 0.000915. The Morgan fingerprint density at radius 1 is 0.776 bits per heavy atom. The molecule has 7 rings (SSSR count). The molecule has 3 heterocycles. The molecule has 7 amide bonds. The maximum absolute atomic E-state index is 14.4. The summed E-state index contributed by atoms with van der Waals surface area (Å²) in [5.41, 5.74) is 9.44. The van der Waals surface area contributed by atoms with Gasteiger partial charge in [-0.15, -0.1) is 0 Å². The topological polar surface area (TPSA) is 282 Å². The lowest BCUT2D eigenvalue weighted by Gasteiger charge is -2.34. The Morgan fingerprint density at radius 2 is 1.38 bits per heavy atom. The largest absolute Gasteiger partial charge is 0.508 e. The van der Waals surface area contributed by atoms with E-state index in [2.05, 4.69) is 33.5 Å². The second-order valence-electron chi connectivity index (χ2n) is 20.7. The van der Waals surface area contributed by atoms with Gasteiger partial charge in [-0.2, -0.15) is 0 Å². The van der Waals surface area contributed by atoms with Crippen molar-refractivity contribution < 1.29 is 53.6 Å². The molecule has 0 aromatic heterocycles. The standard InChI is InChI=1S/C57H72N8O11/c1-5-6-7-29-76-44-25-21-39(22-26-44)37-15-13-36(14-16-37)38-17-19-40(20-18-38)50(69)60-45-9-8-28-59-53(72)47-30-41(58)32-65(47)56(75)57(3,4)63-52(71)46(27-12-35-10-23-42(67)24-11-35)61-54(73)48-31-43(68)33-64(48)55(74)49(34(2)66)62-51(45)70/h10-11,13-26,34,41,43,45-49,66-68H,5-9,12,27-33,58H2,1-4H3,(H,59,72)(H,60,69)(H,61,73)(H,62,70)(H,63,71)/t34-,41+,43-,45+,46+,47+,48+,49+/m1/s1. The first-order valence-corrected chi connectivity index (χ1v) is 26.3. The van der Waals surface area contributed by atoms with Crippen LogP contribution in [0.5, 0.6) is 11.5 Å². The summed E-state index contributed by atoms with van der Waals surface area (Å²) in [6, 6.07) is 21.8. The third-order valence-corrected chi connectivity index (χ3v) is 14.2. The molecule has 3 fully saturated rings. The molecular formula is C57H72N8O11. The molecule has 19 nitrogen and oxygen atoms in total. The molecule has 4 aromatic carbocycles. The molecule has 19 heteroatoms. The lowest BCUT2D eigenvalue weighted by Crippen LogP contribution is -2.63. The number of nitrogens with zero attached hydrogens (tertiary/aromatic N) is 2. The van der Waals surface area contributed by atoms with Gasteiger partial charge >= 0.3 is 0 Å². The average Bonchev–Trinajstić information content (AvgIpc) is 4.01. The Bertz CT molecular complexity index is 2680. The third-order valence-electron chi connectivity index (χ3n) is 14.2. The molecule has 0 spiro atoms. The van der Waals surface area contributed by atoms with E-state index in [-0.39, 0.29) is 69.5 Å². The number of aliphatic hydroxyl groups is 2. The smallest absolute Gasteiger partial charge is 0.251 e. The van der Waals surface area contributed by atoms with E-state index in [1.165, 1.54) is 37.8 Å². The highest BCUT2D eigenvalue weighted by Crippen LogP contribution is 2.28. The molecule has 406 valence electrons. The van der Waals surface area contributed by atoms with E-state index >= 15 is 0 Å². The maximum atomic E-state index is 14.4. The number of nitrogens with two attached hydrogens (primary N) is 1. The summed E-state index contributed by atoms with van der Waals surface area (Å²) in [4.78, 5) is 102. The molecule has 3 aliphatic heterocycles. The highest BCUT2D eigenvalue weighted by molar-refractivity contribution is 6.00. The van der Waals surface area contributed by atoms with Crippen LogP contribution in [0.2, 0.25) is 0 Å². The normalized spacial score (nSPS) is 24.2. The fourth-order valence-corrected chi connectivity index (χ4v) is 9.89. The number of phenolic OH excluding ortho intramolecular Hbond substituents is 1. The number of hydrogen-bond acceptors (Lipinski definition) is 12. The minimum atomic E-state index is -1.65. The molecule has 4 aromatic rings. The van der Waals surface area contributed by atoms with Gasteiger partial charge in [-0.3, -0.25) is 33.6 Å². The van der Waals surface area contributed by atoms with E-state index in [4.69, 9.17) is 10.5 Å². The van der Waals surface area contributed by atoms with Gasteiger partial charge in [0.05, 0.1) is 18.8 Å². The van der Waals surface area contributed by atoms with Crippen LogP contribution in [0.15, 0.2) is 97.1 Å². The van der Waals surface area contributed by atoms with Gasteiger partial charge in [-0.25, -0.2) is 0 Å². The summed E-state index contributed by atoms with van der Waals surface area (Å²) in [6.07, 6.45) is 0.742. The van der Waals surface area contributed by atoms with Crippen molar-refractivity contribution in [2.75, 3.05) is 26.2 Å². The lowest BCUT2D eigenvalue weighted by molar-refractivity contribution is -0.146. The number of aryl methyl sites for hydroxylation is 1. The van der Waals surface area contributed by atoms with Gasteiger partial charge in [0, 0.05) is 37.7 Å². The van der Waals surface area contributed by atoms with Crippen molar-refractivity contribution in [3.05, 3.63) is 108 Å². The summed E-state index contributed by atoms with van der Waals surface area (Å²) in [5.74, 6) is -4.20. The van der Waals surface area contributed by atoms with Crippen LogP contribution in [-0.2, 0) is 35.2 Å². The molecule has 0 radical (unpaired) electrons. The number of carbonyl (C=O) groups is 7.